The minimum Gasteiger partial charge on any atom is -0.492 e. The Hall–Kier alpha value is -1.87. The van der Waals surface area contributed by atoms with E-state index in [0.717, 1.165) is 11.3 Å². The molecular weight excluding hydrogens is 279 g/mol. The van der Waals surface area contributed by atoms with Gasteiger partial charge in [-0.15, -0.1) is 0 Å². The molecule has 1 unspecified atom stereocenters. The van der Waals surface area contributed by atoms with E-state index < -0.39 is 5.82 Å². The Kier molecular flexibility index (Phi) is 3.45. The van der Waals surface area contributed by atoms with E-state index >= 15 is 0 Å². The summed E-state index contributed by atoms with van der Waals surface area (Å²) >= 11 is 5.96. The van der Waals surface area contributed by atoms with E-state index in [1.807, 2.05) is 24.3 Å². The number of Topliss-reactive ketones (excluding diaryl/α,β-unsaturated/α-hetero) is 1. The van der Waals surface area contributed by atoms with Gasteiger partial charge in [0.05, 0.1) is 5.92 Å². The highest BCUT2D eigenvalue weighted by molar-refractivity contribution is 6.31. The van der Waals surface area contributed by atoms with Gasteiger partial charge in [0.15, 0.2) is 0 Å². The SMILES string of the molecule is O=C(Cc1ccc(F)cc1Cl)C1COc2ccccc21. The summed E-state index contributed by atoms with van der Waals surface area (Å²) in [5.41, 5.74) is 1.55. The van der Waals surface area contributed by atoms with Gasteiger partial charge in [0, 0.05) is 17.0 Å². The van der Waals surface area contributed by atoms with Crippen LogP contribution in [0.3, 0.4) is 0 Å². The van der Waals surface area contributed by atoms with E-state index in [4.69, 9.17) is 16.3 Å². The molecule has 1 aliphatic rings. The fraction of sp³-hybridized carbons (Fsp3) is 0.188. The summed E-state index contributed by atoms with van der Waals surface area (Å²) < 4.78 is 18.5. The van der Waals surface area contributed by atoms with Gasteiger partial charge in [0.2, 0.25) is 0 Å². The molecule has 1 heterocycles. The quantitative estimate of drug-likeness (QED) is 0.860. The van der Waals surface area contributed by atoms with Gasteiger partial charge in [-0.1, -0.05) is 35.9 Å². The smallest absolute Gasteiger partial charge is 0.148 e. The van der Waals surface area contributed by atoms with Crippen LogP contribution in [0.2, 0.25) is 5.02 Å². The molecule has 0 fully saturated rings. The van der Waals surface area contributed by atoms with Crippen LogP contribution in [0.25, 0.3) is 0 Å². The highest BCUT2D eigenvalue weighted by Crippen LogP contribution is 2.35. The van der Waals surface area contributed by atoms with Gasteiger partial charge in [0.1, 0.15) is 24.0 Å². The minimum atomic E-state index is -0.402. The topological polar surface area (TPSA) is 26.3 Å². The van der Waals surface area contributed by atoms with E-state index in [1.165, 1.54) is 12.1 Å². The van der Waals surface area contributed by atoms with Gasteiger partial charge in [-0.25, -0.2) is 4.39 Å². The molecule has 0 saturated heterocycles. The molecule has 0 aromatic heterocycles. The fourth-order valence-electron chi connectivity index (χ4n) is 2.41. The van der Waals surface area contributed by atoms with Crippen molar-refractivity contribution in [2.75, 3.05) is 6.61 Å². The molecule has 4 heteroatoms. The third-order valence-corrected chi connectivity index (χ3v) is 3.82. The summed E-state index contributed by atoms with van der Waals surface area (Å²) in [6.07, 6.45) is 0.182. The zero-order chi connectivity index (χ0) is 14.1. The average molecular weight is 291 g/mol. The van der Waals surface area contributed by atoms with Gasteiger partial charge in [0.25, 0.3) is 0 Å². The molecule has 0 spiro atoms. The van der Waals surface area contributed by atoms with Crippen LogP contribution in [0.15, 0.2) is 42.5 Å². The number of rotatable bonds is 3. The van der Waals surface area contributed by atoms with Gasteiger partial charge in [-0.05, 0) is 23.8 Å². The lowest BCUT2D eigenvalue weighted by molar-refractivity contribution is -0.120. The molecular formula is C16H12ClFO2. The third kappa shape index (κ3) is 2.41. The zero-order valence-electron chi connectivity index (χ0n) is 10.6. The maximum Gasteiger partial charge on any atom is 0.148 e. The van der Waals surface area contributed by atoms with Crippen LogP contribution in [-0.2, 0) is 11.2 Å². The molecule has 2 aromatic rings. The van der Waals surface area contributed by atoms with Gasteiger partial charge >= 0.3 is 0 Å². The summed E-state index contributed by atoms with van der Waals surface area (Å²) in [4.78, 5) is 12.4. The third-order valence-electron chi connectivity index (χ3n) is 3.47. The molecule has 0 aliphatic carbocycles. The lowest BCUT2D eigenvalue weighted by Crippen LogP contribution is -2.16. The molecule has 2 nitrogen and oxygen atoms in total. The maximum atomic E-state index is 13.0. The first-order chi connectivity index (χ1) is 9.65. The molecule has 0 amide bonds. The van der Waals surface area contributed by atoms with Crippen LogP contribution in [0.4, 0.5) is 4.39 Å². The Balaban J connectivity index is 1.81. The number of halogens is 2. The van der Waals surface area contributed by atoms with Crippen molar-refractivity contribution in [1.29, 1.82) is 0 Å². The largest absolute Gasteiger partial charge is 0.492 e. The number of hydrogen-bond acceptors (Lipinski definition) is 2. The zero-order valence-corrected chi connectivity index (χ0v) is 11.4. The number of benzene rings is 2. The number of ketones is 1. The number of hydrogen-bond donors (Lipinski definition) is 0. The summed E-state index contributed by atoms with van der Waals surface area (Å²) in [6.45, 7) is 0.358. The summed E-state index contributed by atoms with van der Waals surface area (Å²) in [7, 11) is 0. The van der Waals surface area contributed by atoms with Crippen molar-refractivity contribution in [2.24, 2.45) is 0 Å². The van der Waals surface area contributed by atoms with E-state index in [2.05, 4.69) is 0 Å². The number of ether oxygens (including phenoxy) is 1. The first-order valence-corrected chi connectivity index (χ1v) is 6.71. The monoisotopic (exact) mass is 290 g/mol. The van der Waals surface area contributed by atoms with Crippen molar-refractivity contribution in [2.45, 2.75) is 12.3 Å². The van der Waals surface area contributed by atoms with Crippen LogP contribution in [-0.4, -0.2) is 12.4 Å². The Bertz CT molecular complexity index is 669. The Morgan fingerprint density at radius 1 is 1.30 bits per heavy atom. The van der Waals surface area contributed by atoms with Crippen molar-refractivity contribution >= 4 is 17.4 Å². The number of para-hydroxylation sites is 1. The second kappa shape index (κ2) is 5.25. The van der Waals surface area contributed by atoms with Gasteiger partial charge in [-0.3, -0.25) is 4.79 Å². The van der Waals surface area contributed by atoms with Crippen molar-refractivity contribution in [3.8, 4) is 5.75 Å². The molecule has 3 rings (SSSR count). The molecule has 20 heavy (non-hydrogen) atoms. The van der Waals surface area contributed by atoms with Gasteiger partial charge < -0.3 is 4.74 Å². The molecule has 0 saturated carbocycles. The Morgan fingerprint density at radius 3 is 2.90 bits per heavy atom. The predicted molar refractivity (Wildman–Crippen MR) is 74.8 cm³/mol. The molecule has 1 atom stereocenters. The summed E-state index contributed by atoms with van der Waals surface area (Å²) in [5, 5.41) is 0.283. The maximum absolute atomic E-state index is 13.0. The molecule has 0 radical (unpaired) electrons. The standard InChI is InChI=1S/C16H12ClFO2/c17-14-8-11(18)6-5-10(14)7-15(19)13-9-20-16-4-2-1-3-12(13)16/h1-6,8,13H,7,9H2. The number of carbonyl (C=O) groups excluding carboxylic acids is 1. The Labute approximate surface area is 121 Å². The van der Waals surface area contributed by atoms with E-state index in [1.54, 1.807) is 6.07 Å². The average Bonchev–Trinajstić information content (AvgIpc) is 2.86. The highest BCUT2D eigenvalue weighted by atomic mass is 35.5. The van der Waals surface area contributed by atoms with Crippen LogP contribution >= 0.6 is 11.6 Å². The molecule has 102 valence electrons. The van der Waals surface area contributed by atoms with Crippen molar-refractivity contribution < 1.29 is 13.9 Å². The minimum absolute atomic E-state index is 0.0310. The first kappa shape index (κ1) is 13.1. The van der Waals surface area contributed by atoms with E-state index in [-0.39, 0.29) is 23.1 Å². The second-order valence-corrected chi connectivity index (χ2v) is 5.19. The molecule has 0 bridgehead atoms. The lowest BCUT2D eigenvalue weighted by atomic mass is 9.93. The van der Waals surface area contributed by atoms with Crippen molar-refractivity contribution in [3.63, 3.8) is 0 Å². The van der Waals surface area contributed by atoms with E-state index in [0.29, 0.717) is 12.2 Å². The van der Waals surface area contributed by atoms with Crippen LogP contribution in [0.5, 0.6) is 5.75 Å². The second-order valence-electron chi connectivity index (χ2n) is 4.78. The number of carbonyl (C=O) groups is 1. The van der Waals surface area contributed by atoms with Gasteiger partial charge in [-0.2, -0.15) is 0 Å². The van der Waals surface area contributed by atoms with E-state index in [9.17, 15) is 9.18 Å². The number of fused-ring (bicyclic) bond motifs is 1. The summed E-state index contributed by atoms with van der Waals surface area (Å²) in [5.74, 6) is 0.118. The van der Waals surface area contributed by atoms with Crippen LogP contribution in [0, 0.1) is 5.82 Å². The predicted octanol–water partition coefficient (Wildman–Crippen LogP) is 3.77. The fourth-order valence-corrected chi connectivity index (χ4v) is 2.64. The van der Waals surface area contributed by atoms with Crippen molar-refractivity contribution in [1.82, 2.24) is 0 Å². The summed E-state index contributed by atoms with van der Waals surface area (Å²) in [6, 6.07) is 11.6. The molecule has 0 N–H and O–H groups in total. The highest BCUT2D eigenvalue weighted by Gasteiger charge is 2.29. The van der Waals surface area contributed by atoms with Crippen LogP contribution < -0.4 is 4.74 Å². The van der Waals surface area contributed by atoms with Crippen molar-refractivity contribution in [3.05, 3.63) is 64.4 Å². The first-order valence-electron chi connectivity index (χ1n) is 6.33. The normalized spacial score (nSPS) is 16.6. The molecule has 1 aliphatic heterocycles. The Morgan fingerprint density at radius 2 is 2.10 bits per heavy atom. The lowest BCUT2D eigenvalue weighted by Gasteiger charge is -2.09. The molecule has 2 aromatic carbocycles. The van der Waals surface area contributed by atoms with Crippen LogP contribution in [0.1, 0.15) is 17.0 Å².